The van der Waals surface area contributed by atoms with Crippen molar-refractivity contribution in [2.75, 3.05) is 5.32 Å². The average molecular weight is 188 g/mol. The summed E-state index contributed by atoms with van der Waals surface area (Å²) in [6.45, 7) is 2.70. The minimum atomic E-state index is 0.676. The van der Waals surface area contributed by atoms with Crippen molar-refractivity contribution in [2.24, 2.45) is 0 Å². The maximum atomic E-state index is 5.30. The molecule has 2 aromatic heterocycles. The second-order valence-electron chi connectivity index (χ2n) is 3.10. The molecule has 0 radical (unpaired) electrons. The molecule has 0 bridgehead atoms. The third-order valence-corrected chi connectivity index (χ3v) is 2.06. The predicted octanol–water partition coefficient (Wildman–Crippen LogP) is 2.60. The van der Waals surface area contributed by atoms with Crippen LogP contribution in [0.5, 0.6) is 0 Å². The van der Waals surface area contributed by atoms with Crippen LogP contribution in [-0.2, 0) is 6.54 Å². The zero-order valence-corrected chi connectivity index (χ0v) is 8.03. The molecule has 0 saturated carbocycles. The van der Waals surface area contributed by atoms with Crippen molar-refractivity contribution in [2.45, 2.75) is 13.5 Å². The van der Waals surface area contributed by atoms with E-state index in [9.17, 15) is 0 Å². The van der Waals surface area contributed by atoms with Gasteiger partial charge < -0.3 is 9.73 Å². The van der Waals surface area contributed by atoms with Crippen LogP contribution in [0.4, 0.5) is 5.82 Å². The molecule has 0 aromatic carbocycles. The lowest BCUT2D eigenvalue weighted by Crippen LogP contribution is -2.00. The van der Waals surface area contributed by atoms with Gasteiger partial charge in [-0.25, -0.2) is 4.98 Å². The molecule has 0 aliphatic rings. The fourth-order valence-electron chi connectivity index (χ4n) is 1.22. The Bertz CT molecular complexity index is 395. The summed E-state index contributed by atoms with van der Waals surface area (Å²) in [5.41, 5.74) is 1.16. The van der Waals surface area contributed by atoms with Crippen LogP contribution in [0.1, 0.15) is 11.3 Å². The zero-order valence-electron chi connectivity index (χ0n) is 8.03. The Kier molecular flexibility index (Phi) is 2.49. The van der Waals surface area contributed by atoms with E-state index in [4.69, 9.17) is 4.42 Å². The lowest BCUT2D eigenvalue weighted by Gasteiger charge is -2.02. The monoisotopic (exact) mass is 188 g/mol. The number of hydrogen-bond donors (Lipinski definition) is 1. The van der Waals surface area contributed by atoms with Gasteiger partial charge in [0.2, 0.25) is 0 Å². The molecule has 0 aliphatic carbocycles. The molecule has 0 fully saturated rings. The number of pyridine rings is 1. The highest BCUT2D eigenvalue weighted by atomic mass is 16.3. The number of aromatic nitrogens is 1. The number of hydrogen-bond acceptors (Lipinski definition) is 3. The van der Waals surface area contributed by atoms with Crippen molar-refractivity contribution in [1.82, 2.24) is 4.98 Å². The zero-order chi connectivity index (χ0) is 9.80. The molecule has 72 valence electrons. The van der Waals surface area contributed by atoms with E-state index in [1.807, 2.05) is 31.2 Å². The SMILES string of the molecule is Cc1ccoc1CNc1ccccn1. The Balaban J connectivity index is 1.99. The van der Waals surface area contributed by atoms with Gasteiger partial charge in [0.15, 0.2) is 0 Å². The van der Waals surface area contributed by atoms with Gasteiger partial charge in [-0.1, -0.05) is 6.07 Å². The van der Waals surface area contributed by atoms with Crippen LogP contribution in [0, 0.1) is 6.92 Å². The summed E-state index contributed by atoms with van der Waals surface area (Å²) in [4.78, 5) is 4.16. The van der Waals surface area contributed by atoms with E-state index in [1.165, 1.54) is 0 Å². The predicted molar refractivity (Wildman–Crippen MR) is 55.0 cm³/mol. The molecule has 2 aromatic rings. The lowest BCUT2D eigenvalue weighted by molar-refractivity contribution is 0.515. The number of anilines is 1. The molecule has 0 aliphatic heterocycles. The molecule has 3 heteroatoms. The van der Waals surface area contributed by atoms with Crippen LogP contribution in [0.2, 0.25) is 0 Å². The number of nitrogens with one attached hydrogen (secondary N) is 1. The first-order valence-electron chi connectivity index (χ1n) is 4.54. The minimum Gasteiger partial charge on any atom is -0.467 e. The van der Waals surface area contributed by atoms with Gasteiger partial charge in [0.05, 0.1) is 12.8 Å². The molecule has 0 atom stereocenters. The largest absolute Gasteiger partial charge is 0.467 e. The summed E-state index contributed by atoms with van der Waals surface area (Å²) < 4.78 is 5.30. The maximum Gasteiger partial charge on any atom is 0.126 e. The summed E-state index contributed by atoms with van der Waals surface area (Å²) >= 11 is 0. The average Bonchev–Trinajstić information content (AvgIpc) is 2.63. The van der Waals surface area contributed by atoms with E-state index >= 15 is 0 Å². The van der Waals surface area contributed by atoms with Gasteiger partial charge in [-0.15, -0.1) is 0 Å². The summed E-state index contributed by atoms with van der Waals surface area (Å²) in [5, 5.41) is 3.18. The van der Waals surface area contributed by atoms with Crippen LogP contribution in [0.3, 0.4) is 0 Å². The van der Waals surface area contributed by atoms with Gasteiger partial charge in [0, 0.05) is 6.20 Å². The van der Waals surface area contributed by atoms with Gasteiger partial charge in [-0.3, -0.25) is 0 Å². The van der Waals surface area contributed by atoms with Crippen LogP contribution in [-0.4, -0.2) is 4.98 Å². The van der Waals surface area contributed by atoms with Crippen molar-refractivity contribution < 1.29 is 4.42 Å². The minimum absolute atomic E-state index is 0.676. The molecule has 1 N–H and O–H groups in total. The van der Waals surface area contributed by atoms with E-state index in [0.717, 1.165) is 17.1 Å². The number of nitrogens with zero attached hydrogens (tertiary/aromatic N) is 1. The first-order chi connectivity index (χ1) is 6.86. The van der Waals surface area contributed by atoms with Crippen LogP contribution in [0.25, 0.3) is 0 Å². The fraction of sp³-hybridized carbons (Fsp3) is 0.182. The van der Waals surface area contributed by atoms with Gasteiger partial charge in [0.25, 0.3) is 0 Å². The van der Waals surface area contributed by atoms with E-state index in [-0.39, 0.29) is 0 Å². The first-order valence-corrected chi connectivity index (χ1v) is 4.54. The molecule has 0 amide bonds. The second kappa shape index (κ2) is 3.96. The fourth-order valence-corrected chi connectivity index (χ4v) is 1.22. The van der Waals surface area contributed by atoms with Crippen LogP contribution in [0.15, 0.2) is 41.1 Å². The lowest BCUT2D eigenvalue weighted by atomic mass is 10.3. The Morgan fingerprint density at radius 3 is 2.93 bits per heavy atom. The van der Waals surface area contributed by atoms with Crippen molar-refractivity contribution in [3.63, 3.8) is 0 Å². The van der Waals surface area contributed by atoms with E-state index in [0.29, 0.717) is 6.54 Å². The molecule has 14 heavy (non-hydrogen) atoms. The Morgan fingerprint density at radius 1 is 1.36 bits per heavy atom. The van der Waals surface area contributed by atoms with E-state index < -0.39 is 0 Å². The standard InChI is InChI=1S/C11H12N2O/c1-9-5-7-14-10(9)8-13-11-4-2-3-6-12-11/h2-7H,8H2,1H3,(H,12,13). The highest BCUT2D eigenvalue weighted by Crippen LogP contribution is 2.10. The normalized spacial score (nSPS) is 10.1. The van der Waals surface area contributed by atoms with Gasteiger partial charge in [-0.05, 0) is 30.7 Å². The Morgan fingerprint density at radius 2 is 2.29 bits per heavy atom. The summed E-state index contributed by atoms with van der Waals surface area (Å²) in [5.74, 6) is 1.82. The summed E-state index contributed by atoms with van der Waals surface area (Å²) in [7, 11) is 0. The molecule has 3 nitrogen and oxygen atoms in total. The summed E-state index contributed by atoms with van der Waals surface area (Å²) in [6.07, 6.45) is 3.46. The molecule has 0 saturated heterocycles. The van der Waals surface area contributed by atoms with E-state index in [2.05, 4.69) is 10.3 Å². The third kappa shape index (κ3) is 1.93. The highest BCUT2D eigenvalue weighted by Gasteiger charge is 2.00. The number of furan rings is 1. The molecular weight excluding hydrogens is 176 g/mol. The molecular formula is C11H12N2O. The van der Waals surface area contributed by atoms with Crippen molar-refractivity contribution in [1.29, 1.82) is 0 Å². The maximum absolute atomic E-state index is 5.30. The second-order valence-corrected chi connectivity index (χ2v) is 3.10. The van der Waals surface area contributed by atoms with Gasteiger partial charge in [-0.2, -0.15) is 0 Å². The van der Waals surface area contributed by atoms with Crippen molar-refractivity contribution in [3.8, 4) is 0 Å². The molecule has 2 heterocycles. The summed E-state index contributed by atoms with van der Waals surface area (Å²) in [6, 6.07) is 7.72. The highest BCUT2D eigenvalue weighted by molar-refractivity contribution is 5.34. The quantitative estimate of drug-likeness (QED) is 0.804. The van der Waals surface area contributed by atoms with Crippen LogP contribution < -0.4 is 5.32 Å². The van der Waals surface area contributed by atoms with Crippen LogP contribution >= 0.6 is 0 Å². The molecule has 0 unspecified atom stereocenters. The Labute approximate surface area is 82.8 Å². The van der Waals surface area contributed by atoms with Gasteiger partial charge in [0.1, 0.15) is 11.6 Å². The first kappa shape index (κ1) is 8.81. The third-order valence-electron chi connectivity index (χ3n) is 2.06. The Hall–Kier alpha value is -1.77. The van der Waals surface area contributed by atoms with Crippen molar-refractivity contribution >= 4 is 5.82 Å². The van der Waals surface area contributed by atoms with Gasteiger partial charge >= 0.3 is 0 Å². The molecule has 0 spiro atoms. The number of rotatable bonds is 3. The van der Waals surface area contributed by atoms with E-state index in [1.54, 1.807) is 12.5 Å². The molecule has 2 rings (SSSR count). The van der Waals surface area contributed by atoms with Crippen molar-refractivity contribution in [3.05, 3.63) is 48.0 Å². The topological polar surface area (TPSA) is 38.1 Å². The smallest absolute Gasteiger partial charge is 0.126 e. The number of aryl methyl sites for hydroxylation is 1.